The van der Waals surface area contributed by atoms with Crippen LogP contribution in [-0.4, -0.2) is 28.8 Å². The van der Waals surface area contributed by atoms with Crippen molar-refractivity contribution in [3.05, 3.63) is 71.3 Å². The van der Waals surface area contributed by atoms with Crippen LogP contribution in [0.15, 0.2) is 54.6 Å². The van der Waals surface area contributed by atoms with Gasteiger partial charge in [0.1, 0.15) is 0 Å². The van der Waals surface area contributed by atoms with E-state index in [-0.39, 0.29) is 17.7 Å². The Morgan fingerprint density at radius 1 is 1.07 bits per heavy atom. The van der Waals surface area contributed by atoms with Crippen LogP contribution in [0.3, 0.4) is 0 Å². The number of benzene rings is 2. The molecule has 1 atom stereocenters. The van der Waals surface area contributed by atoms with Crippen LogP contribution in [0.2, 0.25) is 0 Å². The van der Waals surface area contributed by atoms with Crippen molar-refractivity contribution >= 4 is 11.8 Å². The van der Waals surface area contributed by atoms with Gasteiger partial charge >= 0.3 is 0 Å². The van der Waals surface area contributed by atoms with E-state index in [0.29, 0.717) is 24.6 Å². The van der Waals surface area contributed by atoms with Crippen molar-refractivity contribution in [2.75, 3.05) is 6.54 Å². The second-order valence-corrected chi connectivity index (χ2v) is 9.18. The summed E-state index contributed by atoms with van der Waals surface area (Å²) in [6, 6.07) is 17.9. The van der Waals surface area contributed by atoms with Crippen molar-refractivity contribution in [3.8, 4) is 0 Å². The fourth-order valence-corrected chi connectivity index (χ4v) is 5.25. The Balaban J connectivity index is 1.75. The summed E-state index contributed by atoms with van der Waals surface area (Å²) >= 11 is 0. The van der Waals surface area contributed by atoms with Gasteiger partial charge in [0.2, 0.25) is 5.91 Å². The molecule has 2 aromatic rings. The van der Waals surface area contributed by atoms with Crippen LogP contribution in [0, 0.1) is 5.92 Å². The SMILES string of the molecule is CC(C)CCNC(=O)[C@@H]1c2ccccc2C(=O)N(Cc2ccccc2)C12CCCC2. The zero-order valence-electron chi connectivity index (χ0n) is 18.1. The van der Waals surface area contributed by atoms with E-state index < -0.39 is 5.54 Å². The molecule has 1 aliphatic carbocycles. The lowest BCUT2D eigenvalue weighted by Crippen LogP contribution is -2.60. The van der Waals surface area contributed by atoms with Gasteiger partial charge < -0.3 is 10.2 Å². The summed E-state index contributed by atoms with van der Waals surface area (Å²) in [5, 5.41) is 3.20. The van der Waals surface area contributed by atoms with E-state index >= 15 is 0 Å². The van der Waals surface area contributed by atoms with E-state index in [9.17, 15) is 9.59 Å². The Morgan fingerprint density at radius 2 is 1.73 bits per heavy atom. The molecule has 4 nitrogen and oxygen atoms in total. The molecule has 0 saturated heterocycles. The van der Waals surface area contributed by atoms with Gasteiger partial charge in [-0.3, -0.25) is 9.59 Å². The topological polar surface area (TPSA) is 49.4 Å². The summed E-state index contributed by atoms with van der Waals surface area (Å²) in [5.74, 6) is 0.350. The first-order chi connectivity index (χ1) is 14.5. The van der Waals surface area contributed by atoms with Gasteiger partial charge in [-0.2, -0.15) is 0 Å². The van der Waals surface area contributed by atoms with E-state index in [0.717, 1.165) is 43.2 Å². The van der Waals surface area contributed by atoms with E-state index in [1.165, 1.54) is 0 Å². The molecule has 1 spiro atoms. The highest BCUT2D eigenvalue weighted by atomic mass is 16.2. The van der Waals surface area contributed by atoms with Crippen LogP contribution in [0.5, 0.6) is 0 Å². The molecule has 4 heteroatoms. The molecule has 0 aromatic heterocycles. The lowest BCUT2D eigenvalue weighted by Gasteiger charge is -2.50. The molecule has 0 unspecified atom stereocenters. The maximum absolute atomic E-state index is 13.6. The van der Waals surface area contributed by atoms with Gasteiger partial charge in [-0.1, -0.05) is 75.2 Å². The fraction of sp³-hybridized carbons (Fsp3) is 0.462. The molecule has 1 saturated carbocycles. The maximum Gasteiger partial charge on any atom is 0.254 e. The average molecular weight is 405 g/mol. The number of fused-ring (bicyclic) bond motifs is 1. The van der Waals surface area contributed by atoms with E-state index in [1.807, 2.05) is 47.4 Å². The lowest BCUT2D eigenvalue weighted by atomic mass is 9.71. The first kappa shape index (κ1) is 20.6. The fourth-order valence-electron chi connectivity index (χ4n) is 5.25. The maximum atomic E-state index is 13.6. The smallest absolute Gasteiger partial charge is 0.254 e. The molecular weight excluding hydrogens is 372 g/mol. The summed E-state index contributed by atoms with van der Waals surface area (Å²) < 4.78 is 0. The quantitative estimate of drug-likeness (QED) is 0.744. The summed E-state index contributed by atoms with van der Waals surface area (Å²) in [6.07, 6.45) is 4.82. The van der Waals surface area contributed by atoms with E-state index in [1.54, 1.807) is 0 Å². The number of hydrogen-bond acceptors (Lipinski definition) is 2. The van der Waals surface area contributed by atoms with Gasteiger partial charge in [0.05, 0.1) is 11.5 Å². The van der Waals surface area contributed by atoms with Gasteiger partial charge in [-0.15, -0.1) is 0 Å². The molecule has 158 valence electrons. The third-order valence-electron chi connectivity index (χ3n) is 6.76. The van der Waals surface area contributed by atoms with Crippen molar-refractivity contribution in [2.24, 2.45) is 5.92 Å². The summed E-state index contributed by atoms with van der Waals surface area (Å²) in [5.41, 5.74) is 2.24. The highest BCUT2D eigenvalue weighted by Gasteiger charge is 2.55. The standard InChI is InChI=1S/C26H32N2O2/c1-19(2)14-17-27-24(29)23-21-12-6-7-13-22(21)25(30)28(26(23)15-8-9-16-26)18-20-10-4-3-5-11-20/h3-7,10-13,19,23H,8-9,14-18H2,1-2H3,(H,27,29)/t23-/m0/s1. The third-order valence-corrected chi connectivity index (χ3v) is 6.76. The van der Waals surface area contributed by atoms with E-state index in [4.69, 9.17) is 0 Å². The monoisotopic (exact) mass is 404 g/mol. The number of hydrogen-bond donors (Lipinski definition) is 1. The molecule has 30 heavy (non-hydrogen) atoms. The van der Waals surface area contributed by atoms with Crippen LogP contribution in [0.25, 0.3) is 0 Å². The van der Waals surface area contributed by atoms with Crippen molar-refractivity contribution in [1.82, 2.24) is 10.2 Å². The van der Waals surface area contributed by atoms with Crippen LogP contribution >= 0.6 is 0 Å². The van der Waals surface area contributed by atoms with Crippen molar-refractivity contribution < 1.29 is 9.59 Å². The van der Waals surface area contributed by atoms with Gasteiger partial charge in [-0.05, 0) is 42.4 Å². The number of nitrogens with one attached hydrogen (secondary N) is 1. The first-order valence-corrected chi connectivity index (χ1v) is 11.3. The number of amides is 2. The molecule has 1 N–H and O–H groups in total. The number of rotatable bonds is 6. The van der Waals surface area contributed by atoms with Crippen LogP contribution in [0.1, 0.15) is 73.4 Å². The zero-order valence-corrected chi connectivity index (χ0v) is 18.1. The second kappa shape index (κ2) is 8.63. The summed E-state index contributed by atoms with van der Waals surface area (Å²) in [7, 11) is 0. The molecule has 1 fully saturated rings. The molecule has 2 aliphatic rings. The number of carbonyl (C=O) groups excluding carboxylic acids is 2. The minimum Gasteiger partial charge on any atom is -0.355 e. The molecule has 4 rings (SSSR count). The van der Waals surface area contributed by atoms with Gasteiger partial charge in [0, 0.05) is 18.7 Å². The Morgan fingerprint density at radius 3 is 2.43 bits per heavy atom. The normalized spacial score (nSPS) is 19.9. The van der Waals surface area contributed by atoms with Crippen LogP contribution in [0.4, 0.5) is 0 Å². The van der Waals surface area contributed by atoms with Crippen molar-refractivity contribution in [2.45, 2.75) is 64.0 Å². The molecule has 2 aromatic carbocycles. The zero-order chi connectivity index (χ0) is 21.1. The molecule has 0 bridgehead atoms. The third kappa shape index (κ3) is 3.76. The summed E-state index contributed by atoms with van der Waals surface area (Å²) in [4.78, 5) is 29.2. The number of carbonyl (C=O) groups is 2. The lowest BCUT2D eigenvalue weighted by molar-refractivity contribution is -0.126. The van der Waals surface area contributed by atoms with Gasteiger partial charge in [-0.25, -0.2) is 0 Å². The van der Waals surface area contributed by atoms with Crippen LogP contribution in [-0.2, 0) is 11.3 Å². The van der Waals surface area contributed by atoms with Crippen molar-refractivity contribution in [3.63, 3.8) is 0 Å². The second-order valence-electron chi connectivity index (χ2n) is 9.18. The Labute approximate surface area is 179 Å². The largest absolute Gasteiger partial charge is 0.355 e. The average Bonchev–Trinajstić information content (AvgIpc) is 3.22. The number of nitrogens with zero attached hydrogens (tertiary/aromatic N) is 1. The van der Waals surface area contributed by atoms with E-state index in [2.05, 4.69) is 31.3 Å². The first-order valence-electron chi connectivity index (χ1n) is 11.3. The minimum absolute atomic E-state index is 0.0579. The van der Waals surface area contributed by atoms with Gasteiger partial charge in [0.15, 0.2) is 0 Å². The predicted octanol–water partition coefficient (Wildman–Crippen LogP) is 4.90. The molecular formula is C26H32N2O2. The Bertz CT molecular complexity index is 900. The Hall–Kier alpha value is -2.62. The Kier molecular flexibility index (Phi) is 5.94. The van der Waals surface area contributed by atoms with Gasteiger partial charge in [0.25, 0.3) is 5.91 Å². The minimum atomic E-state index is -0.441. The van der Waals surface area contributed by atoms with Crippen molar-refractivity contribution in [1.29, 1.82) is 0 Å². The highest BCUT2D eigenvalue weighted by molar-refractivity contribution is 6.02. The molecule has 2 amide bonds. The molecule has 0 radical (unpaired) electrons. The summed E-state index contributed by atoms with van der Waals surface area (Å²) in [6.45, 7) is 5.56. The predicted molar refractivity (Wildman–Crippen MR) is 119 cm³/mol. The molecule has 1 heterocycles. The van der Waals surface area contributed by atoms with Crippen LogP contribution < -0.4 is 5.32 Å². The highest BCUT2D eigenvalue weighted by Crippen LogP contribution is 2.50. The molecule has 1 aliphatic heterocycles.